The van der Waals surface area contributed by atoms with Gasteiger partial charge in [-0.2, -0.15) is 13.2 Å². The second-order valence-electron chi connectivity index (χ2n) is 3.62. The second kappa shape index (κ2) is 5.91. The Hall–Kier alpha value is -2.09. The number of anilines is 1. The first-order valence-corrected chi connectivity index (χ1v) is 6.19. The van der Waals surface area contributed by atoms with Gasteiger partial charge in [0.15, 0.2) is 0 Å². The summed E-state index contributed by atoms with van der Waals surface area (Å²) in [6.07, 6.45) is 4.10. The summed E-state index contributed by atoms with van der Waals surface area (Å²) in [6.45, 7) is 0. The topological polar surface area (TPSA) is 54.9 Å². The van der Waals surface area contributed by atoms with Crippen molar-refractivity contribution in [2.45, 2.75) is 10.4 Å². The fraction of sp³-hybridized carbons (Fsp3) is 0.0833. The van der Waals surface area contributed by atoms with Gasteiger partial charge in [0, 0.05) is 23.0 Å². The van der Waals surface area contributed by atoms with E-state index in [1.165, 1.54) is 42.9 Å². The third kappa shape index (κ3) is 4.23. The van der Waals surface area contributed by atoms with Crippen LogP contribution in [0.3, 0.4) is 0 Å². The van der Waals surface area contributed by atoms with Crippen LogP contribution in [0, 0.1) is 0 Å². The summed E-state index contributed by atoms with van der Waals surface area (Å²) in [5.74, 6) is -0.477. The molecule has 0 aliphatic rings. The van der Waals surface area contributed by atoms with Crippen LogP contribution in [-0.2, 0) is 0 Å². The maximum Gasteiger partial charge on any atom is 0.446 e. The molecule has 0 radical (unpaired) electrons. The smallest absolute Gasteiger partial charge is 0.321 e. The van der Waals surface area contributed by atoms with E-state index >= 15 is 0 Å². The molecule has 1 heterocycles. The van der Waals surface area contributed by atoms with Gasteiger partial charge in [0.2, 0.25) is 0 Å². The van der Waals surface area contributed by atoms with Gasteiger partial charge in [-0.05, 0) is 36.0 Å². The van der Waals surface area contributed by atoms with Gasteiger partial charge >= 0.3 is 5.51 Å². The van der Waals surface area contributed by atoms with E-state index in [1.807, 2.05) is 0 Å². The summed E-state index contributed by atoms with van der Waals surface area (Å²) in [5, 5.41) is 2.52. The van der Waals surface area contributed by atoms with Crippen molar-refractivity contribution in [3.05, 3.63) is 48.5 Å². The summed E-state index contributed by atoms with van der Waals surface area (Å²) in [6, 6.07) is 5.35. The molecule has 0 spiro atoms. The highest BCUT2D eigenvalue weighted by Gasteiger charge is 2.29. The predicted molar refractivity (Wildman–Crippen MR) is 68.3 cm³/mol. The Kier molecular flexibility index (Phi) is 4.23. The van der Waals surface area contributed by atoms with Gasteiger partial charge in [0.1, 0.15) is 5.69 Å². The number of aromatic nitrogens is 2. The largest absolute Gasteiger partial charge is 0.446 e. The minimum Gasteiger partial charge on any atom is -0.321 e. The zero-order valence-corrected chi connectivity index (χ0v) is 10.7. The van der Waals surface area contributed by atoms with Crippen LogP contribution in [0.15, 0.2) is 47.8 Å². The van der Waals surface area contributed by atoms with Gasteiger partial charge in [0.05, 0.1) is 6.20 Å². The number of alkyl halides is 3. The van der Waals surface area contributed by atoms with Gasteiger partial charge in [-0.25, -0.2) is 4.98 Å². The number of carbonyl (C=O) groups excluding carboxylic acids is 1. The predicted octanol–water partition coefficient (Wildman–Crippen LogP) is 3.34. The zero-order valence-electron chi connectivity index (χ0n) is 9.89. The number of hydrogen-bond donors (Lipinski definition) is 1. The van der Waals surface area contributed by atoms with Crippen molar-refractivity contribution < 1.29 is 18.0 Å². The van der Waals surface area contributed by atoms with E-state index < -0.39 is 11.4 Å². The Labute approximate surface area is 116 Å². The second-order valence-corrected chi connectivity index (χ2v) is 4.76. The minimum absolute atomic E-state index is 0.0509. The molecule has 0 bridgehead atoms. The maximum absolute atomic E-state index is 12.2. The van der Waals surface area contributed by atoms with Crippen LogP contribution in [0.4, 0.5) is 18.9 Å². The molecular formula is C12H8F3N3OS. The van der Waals surface area contributed by atoms with Gasteiger partial charge < -0.3 is 5.32 Å². The van der Waals surface area contributed by atoms with Crippen molar-refractivity contribution in [1.82, 2.24) is 9.97 Å². The van der Waals surface area contributed by atoms with Crippen LogP contribution in [0.2, 0.25) is 0 Å². The Balaban J connectivity index is 2.02. The summed E-state index contributed by atoms with van der Waals surface area (Å²) in [4.78, 5) is 19.3. The Bertz CT molecular complexity index is 587. The molecule has 20 heavy (non-hydrogen) atoms. The normalized spacial score (nSPS) is 11.2. The molecule has 0 aliphatic heterocycles. The number of thioether (sulfide) groups is 1. The van der Waals surface area contributed by atoms with Crippen molar-refractivity contribution in [3.8, 4) is 0 Å². The molecule has 2 aromatic rings. The minimum atomic E-state index is -4.33. The van der Waals surface area contributed by atoms with Crippen molar-refractivity contribution in [2.75, 3.05) is 5.32 Å². The molecule has 0 saturated carbocycles. The highest BCUT2D eigenvalue weighted by atomic mass is 32.2. The molecule has 104 valence electrons. The number of nitrogens with zero attached hydrogens (tertiary/aromatic N) is 2. The SMILES string of the molecule is O=C(Nc1ccc(SC(F)(F)F)cc1)c1cnccn1. The molecule has 1 N–H and O–H groups in total. The van der Waals surface area contributed by atoms with Gasteiger partial charge in [0.25, 0.3) is 5.91 Å². The third-order valence-electron chi connectivity index (χ3n) is 2.14. The number of hydrogen-bond acceptors (Lipinski definition) is 4. The van der Waals surface area contributed by atoms with Crippen LogP contribution in [0.1, 0.15) is 10.5 Å². The Morgan fingerprint density at radius 2 is 1.85 bits per heavy atom. The highest BCUT2D eigenvalue weighted by Crippen LogP contribution is 2.37. The molecule has 1 amide bonds. The molecule has 2 rings (SSSR count). The first-order valence-electron chi connectivity index (χ1n) is 5.37. The number of halogens is 3. The Morgan fingerprint density at radius 3 is 2.40 bits per heavy atom. The van der Waals surface area contributed by atoms with E-state index in [-0.39, 0.29) is 22.4 Å². The summed E-state index contributed by atoms with van der Waals surface area (Å²) < 4.78 is 36.5. The molecule has 0 aliphatic carbocycles. The highest BCUT2D eigenvalue weighted by molar-refractivity contribution is 8.00. The standard InChI is InChI=1S/C12H8F3N3OS/c13-12(14,15)20-9-3-1-8(2-4-9)18-11(19)10-7-16-5-6-17-10/h1-7H,(H,18,19). The monoisotopic (exact) mass is 299 g/mol. The third-order valence-corrected chi connectivity index (χ3v) is 2.88. The number of rotatable bonds is 3. The number of benzene rings is 1. The van der Waals surface area contributed by atoms with Crippen molar-refractivity contribution in [3.63, 3.8) is 0 Å². The average Bonchev–Trinajstić information content (AvgIpc) is 2.40. The maximum atomic E-state index is 12.2. The van der Waals surface area contributed by atoms with E-state index in [0.29, 0.717) is 5.69 Å². The molecule has 0 atom stereocenters. The van der Waals surface area contributed by atoms with Crippen LogP contribution in [0.5, 0.6) is 0 Å². The number of nitrogens with one attached hydrogen (secondary N) is 1. The fourth-order valence-corrected chi connectivity index (χ4v) is 1.89. The van der Waals surface area contributed by atoms with Crippen LogP contribution >= 0.6 is 11.8 Å². The van der Waals surface area contributed by atoms with E-state index in [1.54, 1.807) is 0 Å². The van der Waals surface area contributed by atoms with E-state index in [4.69, 9.17) is 0 Å². The summed E-state index contributed by atoms with van der Waals surface area (Å²) in [5.41, 5.74) is -3.82. The molecule has 1 aromatic heterocycles. The lowest BCUT2D eigenvalue weighted by molar-refractivity contribution is -0.0328. The van der Waals surface area contributed by atoms with Gasteiger partial charge in [-0.1, -0.05) is 0 Å². The molecule has 4 nitrogen and oxygen atoms in total. The number of amides is 1. The lowest BCUT2D eigenvalue weighted by atomic mass is 10.3. The Morgan fingerprint density at radius 1 is 1.15 bits per heavy atom. The molecule has 8 heteroatoms. The van der Waals surface area contributed by atoms with E-state index in [9.17, 15) is 18.0 Å². The quantitative estimate of drug-likeness (QED) is 0.883. The van der Waals surface area contributed by atoms with Crippen molar-refractivity contribution in [1.29, 1.82) is 0 Å². The molecule has 0 saturated heterocycles. The summed E-state index contributed by atoms with van der Waals surface area (Å²) >= 11 is -0.210. The van der Waals surface area contributed by atoms with Gasteiger partial charge in [-0.15, -0.1) is 0 Å². The molecule has 0 unspecified atom stereocenters. The molecule has 0 fully saturated rings. The van der Waals surface area contributed by atoms with E-state index in [2.05, 4.69) is 15.3 Å². The lowest BCUT2D eigenvalue weighted by Gasteiger charge is -2.07. The fourth-order valence-electron chi connectivity index (χ4n) is 1.35. The number of carbonyl (C=O) groups is 1. The first kappa shape index (κ1) is 14.3. The van der Waals surface area contributed by atoms with Crippen LogP contribution in [-0.4, -0.2) is 21.4 Å². The average molecular weight is 299 g/mol. The molecular weight excluding hydrogens is 291 g/mol. The van der Waals surface area contributed by atoms with Crippen LogP contribution in [0.25, 0.3) is 0 Å². The van der Waals surface area contributed by atoms with Crippen molar-refractivity contribution >= 4 is 23.4 Å². The van der Waals surface area contributed by atoms with Gasteiger partial charge in [-0.3, -0.25) is 9.78 Å². The summed E-state index contributed by atoms with van der Waals surface area (Å²) in [7, 11) is 0. The molecule has 1 aromatic carbocycles. The van der Waals surface area contributed by atoms with Crippen LogP contribution < -0.4 is 5.32 Å². The van der Waals surface area contributed by atoms with Crippen molar-refractivity contribution in [2.24, 2.45) is 0 Å². The lowest BCUT2D eigenvalue weighted by Crippen LogP contribution is -2.13. The zero-order chi connectivity index (χ0) is 14.6. The van der Waals surface area contributed by atoms with E-state index in [0.717, 1.165) is 0 Å². The first-order chi connectivity index (χ1) is 9.44.